The minimum Gasteiger partial charge on any atom is -0.481 e. The van der Waals surface area contributed by atoms with Crippen molar-refractivity contribution in [3.63, 3.8) is 0 Å². The van der Waals surface area contributed by atoms with E-state index in [0.717, 1.165) is 74.8 Å². The first kappa shape index (κ1) is 29.4. The zero-order chi connectivity index (χ0) is 31.9. The van der Waals surface area contributed by atoms with Crippen LogP contribution in [-0.4, -0.2) is 26.3 Å². The second-order valence-corrected chi connectivity index (χ2v) is 18.0. The molecule has 0 amide bonds. The maximum atomic E-state index is 13.4. The van der Waals surface area contributed by atoms with Gasteiger partial charge in [0.05, 0.1) is 11.1 Å². The van der Waals surface area contributed by atoms with Crippen molar-refractivity contribution in [2.45, 2.75) is 112 Å². The number of aliphatic carboxylic acids is 1. The van der Waals surface area contributed by atoms with Crippen LogP contribution in [0.3, 0.4) is 0 Å². The zero-order valence-electron chi connectivity index (χ0n) is 28.4. The molecule has 8 rings (SSSR count). The molecule has 5 aliphatic rings. The molecule has 0 radical (unpaired) electrons. The molecule has 5 N–H and O–H groups in total. The number of nitrogens with one attached hydrogen (secondary N) is 2. The molecular formula is C39H52N4O2. The third kappa shape index (κ3) is 3.57. The molecule has 0 bridgehead atoms. The van der Waals surface area contributed by atoms with Crippen molar-refractivity contribution >= 4 is 28.3 Å². The average Bonchev–Trinajstić information content (AvgIpc) is 3.59. The first-order valence-corrected chi connectivity index (χ1v) is 17.5. The Morgan fingerprint density at radius 2 is 1.73 bits per heavy atom. The molecule has 45 heavy (non-hydrogen) atoms. The van der Waals surface area contributed by atoms with Crippen LogP contribution in [-0.2, 0) is 16.6 Å². The number of anilines is 1. The van der Waals surface area contributed by atoms with Crippen LogP contribution in [0.1, 0.15) is 117 Å². The molecule has 6 heteroatoms. The van der Waals surface area contributed by atoms with E-state index >= 15 is 0 Å². The normalized spacial score (nSPS) is 39.8. The fourth-order valence-electron chi connectivity index (χ4n) is 12.7. The third-order valence-electron chi connectivity index (χ3n) is 15.3. The van der Waals surface area contributed by atoms with E-state index < -0.39 is 11.4 Å². The van der Waals surface area contributed by atoms with Gasteiger partial charge in [0.15, 0.2) is 0 Å². The summed E-state index contributed by atoms with van der Waals surface area (Å²) in [5.74, 6) is 1.14. The van der Waals surface area contributed by atoms with Crippen LogP contribution >= 0.6 is 0 Å². The largest absolute Gasteiger partial charge is 0.481 e. The predicted octanol–water partition coefficient (Wildman–Crippen LogP) is 8.90. The summed E-state index contributed by atoms with van der Waals surface area (Å²) in [6, 6.07) is 9.10. The summed E-state index contributed by atoms with van der Waals surface area (Å²) in [6.07, 6.45) is 10.7. The fourth-order valence-corrected chi connectivity index (χ4v) is 12.7. The lowest BCUT2D eigenvalue weighted by Gasteiger charge is -2.71. The Morgan fingerprint density at radius 3 is 2.49 bits per heavy atom. The van der Waals surface area contributed by atoms with Crippen LogP contribution in [0.4, 0.5) is 5.82 Å². The molecule has 0 aliphatic heterocycles. The number of carbonyl (C=O) groups is 1. The van der Waals surface area contributed by atoms with Gasteiger partial charge in [-0.3, -0.25) is 9.89 Å². The maximum absolute atomic E-state index is 13.4. The molecule has 240 valence electrons. The average molecular weight is 609 g/mol. The smallest absolute Gasteiger partial charge is 0.310 e. The highest BCUT2D eigenvalue weighted by Crippen LogP contribution is 2.77. The fraction of sp³-hybridized carbons (Fsp3) is 0.641. The summed E-state index contributed by atoms with van der Waals surface area (Å²) in [7, 11) is 0. The van der Waals surface area contributed by atoms with Crippen molar-refractivity contribution < 1.29 is 9.90 Å². The Bertz CT molecular complexity index is 1780. The van der Waals surface area contributed by atoms with E-state index in [2.05, 4.69) is 82.8 Å². The highest BCUT2D eigenvalue weighted by atomic mass is 16.4. The standard InChI is InChI=1S/C39H52N4O2/c1-34(2)13-15-39(33(44)45)16-14-38(7)30(26(39)21-34)24(22-8-9-27-23(18-22)11-17-41-27)19-29-36(5)20-25-31(42-43-32(25)40)35(3,4)28(36)10-12-37(29,38)6/h8-9,11,17-18,26,28-29,41H,10,12-16,19-21H2,1-7H3,(H,44,45)(H3,40,42,43). The Labute approximate surface area is 268 Å². The van der Waals surface area contributed by atoms with E-state index in [-0.39, 0.29) is 33.0 Å². The number of hydrogen-bond acceptors (Lipinski definition) is 3. The molecule has 3 aromatic rings. The van der Waals surface area contributed by atoms with Gasteiger partial charge in [0.2, 0.25) is 0 Å². The lowest BCUT2D eigenvalue weighted by Crippen LogP contribution is -2.65. The minimum atomic E-state index is -0.676. The summed E-state index contributed by atoms with van der Waals surface area (Å²) < 4.78 is 0. The van der Waals surface area contributed by atoms with Crippen LogP contribution in [0.15, 0.2) is 36.0 Å². The van der Waals surface area contributed by atoms with E-state index in [0.29, 0.717) is 11.8 Å². The molecular weight excluding hydrogens is 556 g/mol. The third-order valence-corrected chi connectivity index (χ3v) is 15.3. The number of hydrogen-bond donors (Lipinski definition) is 4. The van der Waals surface area contributed by atoms with Gasteiger partial charge in [-0.2, -0.15) is 5.10 Å². The van der Waals surface area contributed by atoms with Crippen LogP contribution in [0.2, 0.25) is 0 Å². The number of rotatable bonds is 2. The number of nitrogens with two attached hydrogens (primary N) is 1. The van der Waals surface area contributed by atoms with Crippen molar-refractivity contribution in [1.29, 1.82) is 0 Å². The van der Waals surface area contributed by atoms with Gasteiger partial charge in [-0.05, 0) is 132 Å². The molecule has 7 atom stereocenters. The monoisotopic (exact) mass is 608 g/mol. The van der Waals surface area contributed by atoms with Crippen LogP contribution < -0.4 is 5.73 Å². The van der Waals surface area contributed by atoms with E-state index in [4.69, 9.17) is 10.8 Å². The number of benzene rings is 1. The van der Waals surface area contributed by atoms with Gasteiger partial charge in [0.1, 0.15) is 5.82 Å². The quantitative estimate of drug-likeness (QED) is 0.233. The summed E-state index contributed by atoms with van der Waals surface area (Å²) in [6.45, 7) is 17.3. The summed E-state index contributed by atoms with van der Waals surface area (Å²) in [5, 5.41) is 20.2. The van der Waals surface area contributed by atoms with E-state index in [1.54, 1.807) is 0 Å². The highest BCUT2D eigenvalue weighted by Gasteiger charge is 2.70. The van der Waals surface area contributed by atoms with E-state index in [1.807, 2.05) is 6.20 Å². The molecule has 1 aromatic carbocycles. The molecule has 3 saturated carbocycles. The van der Waals surface area contributed by atoms with Gasteiger partial charge >= 0.3 is 5.97 Å². The minimum absolute atomic E-state index is 0.0344. The van der Waals surface area contributed by atoms with Gasteiger partial charge in [0.25, 0.3) is 0 Å². The molecule has 7 unspecified atom stereocenters. The number of aromatic amines is 2. The second kappa shape index (κ2) is 8.86. The van der Waals surface area contributed by atoms with Crippen LogP contribution in [0, 0.1) is 44.8 Å². The number of carboxylic acid groups (broad SMARTS) is 1. The molecule has 5 aliphatic carbocycles. The lowest BCUT2D eigenvalue weighted by molar-refractivity contribution is -0.175. The number of H-pyrrole nitrogens is 2. The van der Waals surface area contributed by atoms with Gasteiger partial charge in [-0.15, -0.1) is 0 Å². The Kier molecular flexibility index (Phi) is 5.79. The molecule has 0 spiro atoms. The number of carboxylic acids is 1. The Balaban J connectivity index is 1.39. The summed E-state index contributed by atoms with van der Waals surface area (Å²) >= 11 is 0. The number of aromatic nitrogens is 3. The van der Waals surface area contributed by atoms with E-state index in [9.17, 15) is 9.90 Å². The SMILES string of the molecule is CC1(C)CCC2(C(=O)O)CCC3(C)C(=C(c4ccc5[nH]ccc5c4)CC4C5(C)Cc6c(n[nH]c6N)C(C)(C)C5CCC43C)C2C1. The molecule has 6 nitrogen and oxygen atoms in total. The number of nitrogens with zero attached hydrogens (tertiary/aromatic N) is 1. The molecule has 0 saturated heterocycles. The number of nitrogen functional groups attached to an aromatic ring is 1. The van der Waals surface area contributed by atoms with Gasteiger partial charge in [-0.25, -0.2) is 0 Å². The van der Waals surface area contributed by atoms with Crippen LogP contribution in [0.25, 0.3) is 16.5 Å². The Hall–Kier alpha value is -3.02. The van der Waals surface area contributed by atoms with Gasteiger partial charge < -0.3 is 15.8 Å². The van der Waals surface area contributed by atoms with Crippen molar-refractivity contribution in [2.75, 3.05) is 5.73 Å². The predicted molar refractivity (Wildman–Crippen MR) is 181 cm³/mol. The zero-order valence-corrected chi connectivity index (χ0v) is 28.4. The number of allylic oxidation sites excluding steroid dienone is 2. The molecule has 2 aromatic heterocycles. The Morgan fingerprint density at radius 1 is 0.978 bits per heavy atom. The van der Waals surface area contributed by atoms with Crippen molar-refractivity contribution in [2.24, 2.45) is 44.8 Å². The lowest BCUT2D eigenvalue weighted by atomic mass is 9.33. The second-order valence-electron chi connectivity index (χ2n) is 18.0. The van der Waals surface area contributed by atoms with E-state index in [1.165, 1.54) is 27.7 Å². The topological polar surface area (TPSA) is 108 Å². The van der Waals surface area contributed by atoms with Gasteiger partial charge in [-0.1, -0.05) is 60.1 Å². The summed E-state index contributed by atoms with van der Waals surface area (Å²) in [5.41, 5.74) is 13.7. The maximum Gasteiger partial charge on any atom is 0.310 e. The molecule has 2 heterocycles. The first-order chi connectivity index (χ1) is 21.1. The molecule has 3 fully saturated rings. The van der Waals surface area contributed by atoms with Crippen molar-refractivity contribution in [1.82, 2.24) is 15.2 Å². The summed E-state index contributed by atoms with van der Waals surface area (Å²) in [4.78, 5) is 16.8. The highest BCUT2D eigenvalue weighted by molar-refractivity contribution is 5.86. The van der Waals surface area contributed by atoms with Crippen molar-refractivity contribution in [3.05, 3.63) is 52.9 Å². The van der Waals surface area contributed by atoms with Crippen molar-refractivity contribution in [3.8, 4) is 0 Å². The van der Waals surface area contributed by atoms with Crippen LogP contribution in [0.5, 0.6) is 0 Å². The first-order valence-electron chi connectivity index (χ1n) is 17.5. The number of fused-ring (bicyclic) bond motifs is 9. The van der Waals surface area contributed by atoms with Gasteiger partial charge in [0, 0.05) is 22.7 Å².